The normalized spacial score (nSPS) is 15.6. The Hall–Kier alpha value is -2.81. The van der Waals surface area contributed by atoms with Gasteiger partial charge in [-0.15, -0.1) is 0 Å². The molecule has 9 heteroatoms. The molecule has 0 spiro atoms. The van der Waals surface area contributed by atoms with Gasteiger partial charge in [-0.3, -0.25) is 25.0 Å². The maximum absolute atomic E-state index is 12.8. The molecule has 36 heavy (non-hydrogen) atoms. The highest BCUT2D eigenvalue weighted by Crippen LogP contribution is 2.38. The monoisotopic (exact) mass is 511 g/mol. The minimum Gasteiger partial charge on any atom is -0.497 e. The Morgan fingerprint density at radius 2 is 1.97 bits per heavy atom. The van der Waals surface area contributed by atoms with Crippen LogP contribution in [0.3, 0.4) is 0 Å². The number of piperidine rings is 1. The van der Waals surface area contributed by atoms with Crippen LogP contribution in [-0.2, 0) is 17.6 Å². The summed E-state index contributed by atoms with van der Waals surface area (Å²) in [6, 6.07) is 5.78. The lowest BCUT2D eigenvalue weighted by Gasteiger charge is -2.40. The van der Waals surface area contributed by atoms with Gasteiger partial charge in [0.25, 0.3) is 0 Å². The molecule has 8 nitrogen and oxygen atoms in total. The van der Waals surface area contributed by atoms with Crippen LogP contribution in [0.25, 0.3) is 10.9 Å². The number of carbonyl (C=O) groups excluding carboxylic acids is 1. The van der Waals surface area contributed by atoms with Crippen LogP contribution in [0.15, 0.2) is 43.0 Å². The highest BCUT2D eigenvalue weighted by molar-refractivity contribution is 6.32. The number of hydrogen-bond donors (Lipinski definition) is 2. The largest absolute Gasteiger partial charge is 0.497 e. The van der Waals surface area contributed by atoms with Crippen LogP contribution in [0.5, 0.6) is 5.75 Å². The van der Waals surface area contributed by atoms with Crippen molar-refractivity contribution in [3.63, 3.8) is 0 Å². The topological polar surface area (TPSA) is 100 Å². The molecule has 0 saturated carbocycles. The standard InChI is InChI=1S/C27H34ClN5O3/c1-36-21-7-8-25-23(17-21)22(24(28)19-31-25)6-4-9-27(26(34)32-35)10-15-33(16-11-27)14-3-2-5-20-18-29-12-13-30-20/h7-8,12-13,17-19,35H,2-6,9-11,14-16H2,1H3,(H,32,34). The number of unbranched alkanes of at least 4 members (excludes halogenated alkanes) is 1. The summed E-state index contributed by atoms with van der Waals surface area (Å²) < 4.78 is 5.38. The molecule has 1 aliphatic rings. The van der Waals surface area contributed by atoms with Crippen LogP contribution >= 0.6 is 11.6 Å². The van der Waals surface area contributed by atoms with Crippen LogP contribution in [0.4, 0.5) is 0 Å². The van der Waals surface area contributed by atoms with Crippen molar-refractivity contribution in [1.82, 2.24) is 25.3 Å². The number of halogens is 1. The number of aryl methyl sites for hydroxylation is 2. The number of carbonyl (C=O) groups is 1. The zero-order valence-corrected chi connectivity index (χ0v) is 21.5. The summed E-state index contributed by atoms with van der Waals surface area (Å²) in [4.78, 5) is 28.1. The zero-order valence-electron chi connectivity index (χ0n) is 20.8. The first kappa shape index (κ1) is 26.3. The van der Waals surface area contributed by atoms with Crippen LogP contribution in [-0.4, -0.2) is 57.7 Å². The Balaban J connectivity index is 1.32. The number of amides is 1. The highest BCUT2D eigenvalue weighted by Gasteiger charge is 2.40. The van der Waals surface area contributed by atoms with E-state index >= 15 is 0 Å². The first-order chi connectivity index (χ1) is 17.5. The van der Waals surface area contributed by atoms with Crippen molar-refractivity contribution in [1.29, 1.82) is 0 Å². The second kappa shape index (κ2) is 12.4. The van der Waals surface area contributed by atoms with Gasteiger partial charge >= 0.3 is 0 Å². The van der Waals surface area contributed by atoms with Gasteiger partial charge in [0.1, 0.15) is 5.75 Å². The molecule has 1 saturated heterocycles. The molecule has 3 heterocycles. The summed E-state index contributed by atoms with van der Waals surface area (Å²) in [5.74, 6) is 0.477. The molecule has 3 aromatic rings. The van der Waals surface area contributed by atoms with Crippen molar-refractivity contribution in [2.24, 2.45) is 5.41 Å². The van der Waals surface area contributed by atoms with Gasteiger partial charge in [0.2, 0.25) is 5.91 Å². The van der Waals surface area contributed by atoms with E-state index in [-0.39, 0.29) is 5.91 Å². The third kappa shape index (κ3) is 6.30. The molecule has 192 valence electrons. The van der Waals surface area contributed by atoms with Crippen LogP contribution < -0.4 is 10.2 Å². The van der Waals surface area contributed by atoms with Crippen molar-refractivity contribution < 1.29 is 14.7 Å². The number of benzene rings is 1. The van der Waals surface area contributed by atoms with Gasteiger partial charge < -0.3 is 9.64 Å². The number of hydrogen-bond acceptors (Lipinski definition) is 7. The number of nitrogens with one attached hydrogen (secondary N) is 1. The van der Waals surface area contributed by atoms with Gasteiger partial charge in [-0.05, 0) is 94.8 Å². The van der Waals surface area contributed by atoms with Gasteiger partial charge in [0.15, 0.2) is 0 Å². The van der Waals surface area contributed by atoms with Crippen LogP contribution in [0, 0.1) is 5.41 Å². The van der Waals surface area contributed by atoms with Crippen molar-refractivity contribution in [2.45, 2.75) is 51.4 Å². The Morgan fingerprint density at radius 1 is 1.14 bits per heavy atom. The van der Waals surface area contributed by atoms with E-state index in [2.05, 4.69) is 19.9 Å². The lowest BCUT2D eigenvalue weighted by Crippen LogP contribution is -2.48. The van der Waals surface area contributed by atoms with E-state index in [4.69, 9.17) is 16.3 Å². The first-order valence-electron chi connectivity index (χ1n) is 12.6. The van der Waals surface area contributed by atoms with Crippen LogP contribution in [0.2, 0.25) is 5.02 Å². The van der Waals surface area contributed by atoms with E-state index in [0.717, 1.165) is 92.5 Å². The van der Waals surface area contributed by atoms with Crippen molar-refractivity contribution >= 4 is 28.4 Å². The first-order valence-corrected chi connectivity index (χ1v) is 13.0. The number of nitrogens with zero attached hydrogens (tertiary/aromatic N) is 4. The van der Waals surface area contributed by atoms with E-state index in [1.807, 2.05) is 29.9 Å². The molecule has 1 aliphatic heterocycles. The predicted molar refractivity (Wildman–Crippen MR) is 139 cm³/mol. The molecule has 0 unspecified atom stereocenters. The molecule has 2 aromatic heterocycles. The smallest absolute Gasteiger partial charge is 0.249 e. The van der Waals surface area contributed by atoms with Gasteiger partial charge in [-0.25, -0.2) is 5.48 Å². The van der Waals surface area contributed by atoms with Gasteiger partial charge in [0.05, 0.1) is 28.8 Å². The SMILES string of the molecule is COc1ccc2ncc(Cl)c(CCCC3(C(=O)NO)CCN(CCCCc4cnccn4)CC3)c2c1. The van der Waals surface area contributed by atoms with Crippen LogP contribution in [0.1, 0.15) is 49.8 Å². The molecular formula is C27H34ClN5O3. The number of fused-ring (bicyclic) bond motifs is 1. The molecule has 1 fully saturated rings. The Bertz CT molecular complexity index is 1150. The fourth-order valence-electron chi connectivity index (χ4n) is 5.20. The van der Waals surface area contributed by atoms with E-state index in [0.29, 0.717) is 11.4 Å². The Kier molecular flexibility index (Phi) is 9.07. The van der Waals surface area contributed by atoms with E-state index < -0.39 is 5.41 Å². The summed E-state index contributed by atoms with van der Waals surface area (Å²) in [6.45, 7) is 2.68. The molecule has 4 rings (SSSR count). The average Bonchev–Trinajstić information content (AvgIpc) is 2.93. The van der Waals surface area contributed by atoms with Gasteiger partial charge in [0, 0.05) is 30.2 Å². The zero-order chi connectivity index (χ0) is 25.4. The number of rotatable bonds is 11. The van der Waals surface area contributed by atoms with Crippen molar-refractivity contribution in [2.75, 3.05) is 26.7 Å². The average molecular weight is 512 g/mol. The number of methoxy groups -OCH3 is 1. The second-order valence-electron chi connectivity index (χ2n) is 9.54. The van der Waals surface area contributed by atoms with Gasteiger partial charge in [-0.2, -0.15) is 0 Å². The molecule has 0 radical (unpaired) electrons. The number of aromatic nitrogens is 3. The minimum absolute atomic E-state index is 0.280. The van der Waals surface area contributed by atoms with Crippen molar-refractivity contribution in [3.05, 3.63) is 59.3 Å². The molecule has 0 bridgehead atoms. The Labute approximate surface area is 217 Å². The summed E-state index contributed by atoms with van der Waals surface area (Å²) in [6.07, 6.45) is 13.6. The lowest BCUT2D eigenvalue weighted by atomic mass is 9.73. The summed E-state index contributed by atoms with van der Waals surface area (Å²) in [7, 11) is 1.64. The molecule has 0 atom stereocenters. The quantitative estimate of drug-likeness (QED) is 0.220. The van der Waals surface area contributed by atoms with E-state index in [9.17, 15) is 10.0 Å². The fraction of sp³-hybridized carbons (Fsp3) is 0.481. The molecule has 1 aromatic carbocycles. The molecular weight excluding hydrogens is 478 g/mol. The second-order valence-corrected chi connectivity index (χ2v) is 9.95. The molecule has 1 amide bonds. The number of pyridine rings is 1. The van der Waals surface area contributed by atoms with E-state index in [1.54, 1.807) is 25.7 Å². The maximum atomic E-state index is 12.8. The van der Waals surface area contributed by atoms with Gasteiger partial charge in [-0.1, -0.05) is 11.6 Å². The lowest BCUT2D eigenvalue weighted by molar-refractivity contribution is -0.143. The third-order valence-electron chi connectivity index (χ3n) is 7.39. The summed E-state index contributed by atoms with van der Waals surface area (Å²) in [5.41, 5.74) is 4.28. The summed E-state index contributed by atoms with van der Waals surface area (Å²) in [5, 5.41) is 11.1. The summed E-state index contributed by atoms with van der Waals surface area (Å²) >= 11 is 6.53. The molecule has 2 N–H and O–H groups in total. The third-order valence-corrected chi connectivity index (χ3v) is 7.71. The fourth-order valence-corrected chi connectivity index (χ4v) is 5.45. The number of hydroxylamine groups is 1. The van der Waals surface area contributed by atoms with Crippen molar-refractivity contribution in [3.8, 4) is 5.75 Å². The molecule has 0 aliphatic carbocycles. The highest BCUT2D eigenvalue weighted by atomic mass is 35.5. The predicted octanol–water partition coefficient (Wildman–Crippen LogP) is 4.62. The maximum Gasteiger partial charge on any atom is 0.249 e. The minimum atomic E-state index is -0.572. The Morgan fingerprint density at radius 3 is 2.69 bits per heavy atom. The van der Waals surface area contributed by atoms with E-state index in [1.165, 1.54) is 0 Å². The number of likely N-dealkylation sites (tertiary alicyclic amines) is 1. The number of ether oxygens (including phenoxy) is 1.